The number of rotatable bonds is 7. The fraction of sp³-hybridized carbons (Fsp3) is 0.308. The summed E-state index contributed by atoms with van der Waals surface area (Å²) in [5, 5.41) is 8.64. The fourth-order valence-electron chi connectivity index (χ4n) is 1.31. The minimum atomic E-state index is -0.898. The van der Waals surface area contributed by atoms with Crippen molar-refractivity contribution >= 4 is 5.97 Å². The van der Waals surface area contributed by atoms with Gasteiger partial charge in [0.2, 0.25) is 0 Å². The number of ether oxygens (including phenoxy) is 2. The van der Waals surface area contributed by atoms with Gasteiger partial charge in [-0.2, -0.15) is 0 Å². The fourth-order valence-corrected chi connectivity index (χ4v) is 1.31. The van der Waals surface area contributed by atoms with E-state index >= 15 is 0 Å². The summed E-state index contributed by atoms with van der Waals surface area (Å²) in [6.45, 7) is 3.90. The molecule has 0 aliphatic heterocycles. The summed E-state index contributed by atoms with van der Waals surface area (Å²) in [5.74, 6) is -0.121. The Kier molecular flexibility index (Phi) is 5.23. The highest BCUT2D eigenvalue weighted by molar-refractivity contribution is 5.67. The van der Waals surface area contributed by atoms with Gasteiger partial charge in [-0.1, -0.05) is 18.2 Å². The number of carboxylic acids is 1. The van der Waals surface area contributed by atoms with E-state index in [1.54, 1.807) is 7.11 Å². The third-order valence-electron chi connectivity index (χ3n) is 2.26. The molecule has 0 radical (unpaired) electrons. The molecule has 1 rings (SSSR count). The van der Waals surface area contributed by atoms with Crippen LogP contribution < -0.4 is 4.74 Å². The van der Waals surface area contributed by atoms with Crippen LogP contribution in [0, 0.1) is 0 Å². The zero-order valence-electron chi connectivity index (χ0n) is 9.76. The van der Waals surface area contributed by atoms with Crippen LogP contribution in [0.4, 0.5) is 0 Å². The number of carboxylic acid groups (broad SMARTS) is 1. The van der Waals surface area contributed by atoms with Gasteiger partial charge in [-0.3, -0.25) is 4.79 Å². The van der Waals surface area contributed by atoms with Gasteiger partial charge in [0.1, 0.15) is 5.75 Å². The monoisotopic (exact) mass is 236 g/mol. The number of aliphatic carboxylic acids is 1. The molecule has 0 bridgehead atoms. The molecular weight excluding hydrogens is 220 g/mol. The van der Waals surface area contributed by atoms with E-state index in [9.17, 15) is 4.79 Å². The van der Waals surface area contributed by atoms with Gasteiger partial charge in [0.25, 0.3) is 0 Å². The number of hydrogen-bond donors (Lipinski definition) is 1. The molecule has 0 saturated heterocycles. The van der Waals surface area contributed by atoms with E-state index in [1.807, 2.05) is 24.3 Å². The second-order valence-electron chi connectivity index (χ2n) is 3.53. The Morgan fingerprint density at radius 1 is 1.47 bits per heavy atom. The average Bonchev–Trinajstić information content (AvgIpc) is 2.34. The molecular formula is C13H16O4. The molecule has 4 heteroatoms. The summed E-state index contributed by atoms with van der Waals surface area (Å²) < 4.78 is 10.5. The highest BCUT2D eigenvalue weighted by Gasteiger charge is 2.09. The molecule has 0 heterocycles. The summed E-state index contributed by atoms with van der Waals surface area (Å²) in [6.07, 6.45) is 0.965. The largest absolute Gasteiger partial charge is 0.497 e. The molecule has 1 aromatic carbocycles. The van der Waals surface area contributed by atoms with Gasteiger partial charge in [-0.05, 0) is 17.7 Å². The van der Waals surface area contributed by atoms with Crippen LogP contribution in [-0.4, -0.2) is 24.3 Å². The zero-order valence-corrected chi connectivity index (χ0v) is 9.76. The van der Waals surface area contributed by atoms with Crippen LogP contribution in [0.5, 0.6) is 5.75 Å². The van der Waals surface area contributed by atoms with E-state index < -0.39 is 12.1 Å². The minimum Gasteiger partial charge on any atom is -0.497 e. The highest BCUT2D eigenvalue weighted by Crippen LogP contribution is 2.13. The molecule has 17 heavy (non-hydrogen) atoms. The van der Waals surface area contributed by atoms with Crippen molar-refractivity contribution in [1.29, 1.82) is 0 Å². The third kappa shape index (κ3) is 4.70. The summed E-state index contributed by atoms with van der Waals surface area (Å²) in [5.41, 5.74) is 0.961. The number of methoxy groups -OCH3 is 1. The van der Waals surface area contributed by atoms with E-state index in [2.05, 4.69) is 6.58 Å². The van der Waals surface area contributed by atoms with E-state index in [0.717, 1.165) is 11.3 Å². The first-order valence-electron chi connectivity index (χ1n) is 5.24. The highest BCUT2D eigenvalue weighted by atomic mass is 16.5. The van der Waals surface area contributed by atoms with Crippen LogP contribution >= 0.6 is 0 Å². The van der Waals surface area contributed by atoms with Crippen molar-refractivity contribution in [2.75, 3.05) is 7.11 Å². The van der Waals surface area contributed by atoms with Gasteiger partial charge < -0.3 is 14.6 Å². The molecule has 92 valence electrons. The van der Waals surface area contributed by atoms with Crippen LogP contribution in [0.15, 0.2) is 36.9 Å². The topological polar surface area (TPSA) is 55.8 Å². The smallest absolute Gasteiger partial charge is 0.306 e. The molecule has 0 aliphatic rings. The average molecular weight is 236 g/mol. The van der Waals surface area contributed by atoms with Crippen LogP contribution in [0.2, 0.25) is 0 Å². The number of benzene rings is 1. The summed E-state index contributed by atoms with van der Waals surface area (Å²) in [6, 6.07) is 7.41. The molecule has 0 fully saturated rings. The first-order valence-corrected chi connectivity index (χ1v) is 5.24. The number of carbonyl (C=O) groups is 1. The SMILES string of the molecule is C=C[C@@H](CC(=O)O)OCc1ccc(OC)cc1. The zero-order chi connectivity index (χ0) is 12.7. The molecule has 0 unspecified atom stereocenters. The van der Waals surface area contributed by atoms with Crippen LogP contribution in [0.3, 0.4) is 0 Å². The Morgan fingerprint density at radius 2 is 2.12 bits per heavy atom. The maximum absolute atomic E-state index is 10.5. The van der Waals surface area contributed by atoms with Gasteiger partial charge in [-0.25, -0.2) is 0 Å². The maximum Gasteiger partial charge on any atom is 0.306 e. The molecule has 0 aliphatic carbocycles. The molecule has 0 saturated carbocycles. The van der Waals surface area contributed by atoms with E-state index in [-0.39, 0.29) is 6.42 Å². The van der Waals surface area contributed by atoms with Crippen molar-refractivity contribution in [1.82, 2.24) is 0 Å². The Morgan fingerprint density at radius 3 is 2.59 bits per heavy atom. The first-order chi connectivity index (χ1) is 8.15. The Labute approximate surface area is 100 Å². The predicted molar refractivity (Wildman–Crippen MR) is 64.0 cm³/mol. The van der Waals surface area contributed by atoms with Crippen molar-refractivity contribution in [2.45, 2.75) is 19.1 Å². The van der Waals surface area contributed by atoms with Crippen LogP contribution in [0.1, 0.15) is 12.0 Å². The van der Waals surface area contributed by atoms with E-state index in [4.69, 9.17) is 14.6 Å². The molecule has 1 N–H and O–H groups in total. The molecule has 1 atom stereocenters. The summed E-state index contributed by atoms with van der Waals surface area (Å²) in [7, 11) is 1.60. The van der Waals surface area contributed by atoms with Crippen molar-refractivity contribution in [3.63, 3.8) is 0 Å². The lowest BCUT2D eigenvalue weighted by Crippen LogP contribution is -2.14. The van der Waals surface area contributed by atoms with Gasteiger partial charge in [0.05, 0.1) is 26.2 Å². The lowest BCUT2D eigenvalue weighted by atomic mass is 10.2. The molecule has 0 spiro atoms. The summed E-state index contributed by atoms with van der Waals surface area (Å²) >= 11 is 0. The summed E-state index contributed by atoms with van der Waals surface area (Å²) in [4.78, 5) is 10.5. The van der Waals surface area contributed by atoms with E-state index in [0.29, 0.717) is 6.61 Å². The lowest BCUT2D eigenvalue weighted by Gasteiger charge is -2.11. The predicted octanol–water partition coefficient (Wildman–Crippen LogP) is 2.24. The van der Waals surface area contributed by atoms with Crippen molar-refractivity contribution in [3.8, 4) is 5.75 Å². The van der Waals surface area contributed by atoms with Gasteiger partial charge in [0, 0.05) is 0 Å². The molecule has 0 amide bonds. The third-order valence-corrected chi connectivity index (χ3v) is 2.26. The van der Waals surface area contributed by atoms with Gasteiger partial charge in [0.15, 0.2) is 0 Å². The van der Waals surface area contributed by atoms with Crippen molar-refractivity contribution in [2.24, 2.45) is 0 Å². The maximum atomic E-state index is 10.5. The quantitative estimate of drug-likeness (QED) is 0.738. The van der Waals surface area contributed by atoms with Crippen LogP contribution in [0.25, 0.3) is 0 Å². The number of hydrogen-bond acceptors (Lipinski definition) is 3. The Balaban J connectivity index is 2.47. The van der Waals surface area contributed by atoms with E-state index in [1.165, 1.54) is 6.08 Å². The lowest BCUT2D eigenvalue weighted by molar-refractivity contribution is -0.139. The van der Waals surface area contributed by atoms with Crippen molar-refractivity contribution < 1.29 is 19.4 Å². The Hall–Kier alpha value is -1.81. The Bertz CT molecular complexity index is 370. The molecule has 1 aromatic rings. The molecule has 4 nitrogen and oxygen atoms in total. The minimum absolute atomic E-state index is 0.0698. The second-order valence-corrected chi connectivity index (χ2v) is 3.53. The normalized spacial score (nSPS) is 11.8. The first kappa shape index (κ1) is 13.3. The standard InChI is InChI=1S/C13H16O4/c1-3-11(8-13(14)15)17-9-10-4-6-12(16-2)7-5-10/h3-7,11H,1,8-9H2,2H3,(H,14,15)/t11-/m0/s1. The van der Waals surface area contributed by atoms with Gasteiger partial charge in [-0.15, -0.1) is 6.58 Å². The second kappa shape index (κ2) is 6.70. The van der Waals surface area contributed by atoms with Crippen molar-refractivity contribution in [3.05, 3.63) is 42.5 Å². The molecule has 0 aromatic heterocycles. The van der Waals surface area contributed by atoms with Crippen LogP contribution in [-0.2, 0) is 16.1 Å². The van der Waals surface area contributed by atoms with Gasteiger partial charge >= 0.3 is 5.97 Å².